The van der Waals surface area contributed by atoms with Gasteiger partial charge < -0.3 is 19.8 Å². The van der Waals surface area contributed by atoms with Crippen LogP contribution in [-0.2, 0) is 22.9 Å². The van der Waals surface area contributed by atoms with Gasteiger partial charge in [0.1, 0.15) is 11.5 Å². The number of aromatic nitrogens is 4. The van der Waals surface area contributed by atoms with Gasteiger partial charge in [-0.2, -0.15) is 0 Å². The summed E-state index contributed by atoms with van der Waals surface area (Å²) in [5.41, 5.74) is 31.0. The lowest BCUT2D eigenvalue weighted by Crippen LogP contribution is -2.28. The Labute approximate surface area is 456 Å². The number of ether oxygens (including phenoxy) is 1. The predicted molar refractivity (Wildman–Crippen MR) is 325 cm³/mol. The molecule has 0 unspecified atom stereocenters. The number of nitrogens with one attached hydrogen (secondary N) is 2. The van der Waals surface area contributed by atoms with Gasteiger partial charge in [-0.05, 0) is 195 Å². The summed E-state index contributed by atoms with van der Waals surface area (Å²) in [6, 6.07) is 31.7. The summed E-state index contributed by atoms with van der Waals surface area (Å²) >= 11 is 0. The van der Waals surface area contributed by atoms with Crippen LogP contribution >= 0.6 is 0 Å². The number of aryl methyl sites for hydroxylation is 9. The zero-order valence-corrected chi connectivity index (χ0v) is 48.3. The molecule has 8 aromatic rings. The second-order valence-corrected chi connectivity index (χ2v) is 25.1. The Balaban J connectivity index is 1.35. The zero-order chi connectivity index (χ0) is 54.9. The molecule has 3 aliphatic rings. The SMILES string of the molecule is Cc1cc(C)c(-c2c3nc(c(-c4c(C)cc(C)cc4C)c4ccc([nH]4)c(-c4c(C)cc(C)cc4C)c4nc(c(-c5cc(C(C)(C)C)cc6c5Oc5c(CO)cc(C(C)(C)C)cc5C6(C)C)c5ccc2[nH]5)C=C4)C=C3)c(C)c1. The maximum Gasteiger partial charge on any atom is 0.139 e. The van der Waals surface area contributed by atoms with Crippen molar-refractivity contribution >= 4 is 46.4 Å². The maximum atomic E-state index is 11.2. The van der Waals surface area contributed by atoms with Crippen molar-refractivity contribution in [3.05, 3.63) is 186 Å². The standard InChI is InChI=1S/C71H74N4O2/c1-37-26-40(4)60(41(5)27-37)64-54-20-18-52(72-54)63(49-33-48(70(13,14)15)35-51-68(49)77-67-46(36-76)32-47(69(10,11)12)34-50(67)71(51,16)17)53-19-21-55(73-53)65(61-42(6)28-38(2)29-43(61)7)57-23-25-59(75-57)66(58-24-22-56(64)74-58)62-44(8)30-39(3)31-45(62)9/h18-35,72,75-76H,36H2,1-17H3. The van der Waals surface area contributed by atoms with E-state index in [0.717, 1.165) is 112 Å². The smallest absolute Gasteiger partial charge is 0.139 e. The van der Waals surface area contributed by atoms with Gasteiger partial charge in [-0.3, -0.25) is 0 Å². The van der Waals surface area contributed by atoms with Gasteiger partial charge in [0.25, 0.3) is 0 Å². The zero-order valence-electron chi connectivity index (χ0n) is 48.3. The minimum atomic E-state index is -0.505. The highest BCUT2D eigenvalue weighted by atomic mass is 16.5. The van der Waals surface area contributed by atoms with E-state index in [0.29, 0.717) is 0 Å². The molecule has 0 amide bonds. The number of hydrogen-bond acceptors (Lipinski definition) is 4. The van der Waals surface area contributed by atoms with Crippen molar-refractivity contribution in [3.8, 4) is 56.0 Å². The van der Waals surface area contributed by atoms with Crippen LogP contribution in [0.15, 0.2) is 84.9 Å². The first-order valence-electron chi connectivity index (χ1n) is 27.4. The molecule has 6 heterocycles. The predicted octanol–water partition coefficient (Wildman–Crippen LogP) is 18.6. The molecule has 0 aliphatic carbocycles. The number of benzene rings is 5. The van der Waals surface area contributed by atoms with E-state index < -0.39 is 5.41 Å². The molecule has 6 nitrogen and oxygen atoms in total. The number of rotatable bonds is 5. The first-order valence-corrected chi connectivity index (χ1v) is 27.4. The van der Waals surface area contributed by atoms with Crippen molar-refractivity contribution < 1.29 is 9.84 Å². The Morgan fingerprint density at radius 1 is 0.429 bits per heavy atom. The van der Waals surface area contributed by atoms with Crippen LogP contribution in [0, 0.1) is 62.3 Å². The summed E-state index contributed by atoms with van der Waals surface area (Å²) in [5.74, 6) is 1.48. The Morgan fingerprint density at radius 3 is 1.10 bits per heavy atom. The minimum Gasteiger partial charge on any atom is -0.456 e. The molecule has 0 fully saturated rings. The molecule has 0 radical (unpaired) electrons. The van der Waals surface area contributed by atoms with E-state index in [1.807, 2.05) is 0 Å². The molecule has 5 aromatic carbocycles. The van der Waals surface area contributed by atoms with Gasteiger partial charge in [-0.15, -0.1) is 0 Å². The van der Waals surface area contributed by atoms with Crippen LogP contribution in [0.1, 0.15) is 156 Å². The first-order chi connectivity index (χ1) is 36.3. The molecule has 77 heavy (non-hydrogen) atoms. The molecule has 0 saturated carbocycles. The van der Waals surface area contributed by atoms with Gasteiger partial charge in [-0.25, -0.2) is 9.97 Å². The van der Waals surface area contributed by atoms with Crippen molar-refractivity contribution in [1.82, 2.24) is 19.9 Å². The molecule has 3 N–H and O–H groups in total. The van der Waals surface area contributed by atoms with E-state index in [4.69, 9.17) is 14.7 Å². The van der Waals surface area contributed by atoms with Gasteiger partial charge >= 0.3 is 0 Å². The van der Waals surface area contributed by atoms with Gasteiger partial charge in [0.05, 0.1) is 29.4 Å². The van der Waals surface area contributed by atoms with E-state index in [1.54, 1.807) is 0 Å². The summed E-state index contributed by atoms with van der Waals surface area (Å²) in [4.78, 5) is 19.7. The Morgan fingerprint density at radius 2 is 0.753 bits per heavy atom. The largest absolute Gasteiger partial charge is 0.456 e. The van der Waals surface area contributed by atoms with Crippen molar-refractivity contribution in [2.45, 2.75) is 141 Å². The average Bonchev–Trinajstić information content (AvgIpc) is 4.32. The van der Waals surface area contributed by atoms with Crippen LogP contribution in [0.5, 0.6) is 11.5 Å². The second-order valence-electron chi connectivity index (χ2n) is 25.1. The number of H-pyrrole nitrogens is 2. The van der Waals surface area contributed by atoms with Gasteiger partial charge in [0.15, 0.2) is 0 Å². The molecule has 0 atom stereocenters. The third kappa shape index (κ3) is 8.70. The molecule has 6 heteroatoms. The van der Waals surface area contributed by atoms with E-state index in [2.05, 4.69) is 237 Å². The Kier molecular flexibility index (Phi) is 12.3. The summed E-state index contributed by atoms with van der Waals surface area (Å²) < 4.78 is 7.41. The van der Waals surface area contributed by atoms with E-state index in [9.17, 15) is 5.11 Å². The third-order valence-corrected chi connectivity index (χ3v) is 16.5. The summed E-state index contributed by atoms with van der Waals surface area (Å²) in [7, 11) is 0. The van der Waals surface area contributed by atoms with E-state index >= 15 is 0 Å². The number of fused-ring (bicyclic) bond motifs is 10. The molecule has 3 aliphatic heterocycles. The molecular formula is C71H74N4O2. The molecule has 8 bridgehead atoms. The molecular weight excluding hydrogens is 941 g/mol. The monoisotopic (exact) mass is 1010 g/mol. The van der Waals surface area contributed by atoms with Gasteiger partial charge in [0, 0.05) is 72.0 Å². The van der Waals surface area contributed by atoms with Crippen molar-refractivity contribution in [2.75, 3.05) is 0 Å². The number of hydrogen-bond donors (Lipinski definition) is 3. The van der Waals surface area contributed by atoms with E-state index in [-0.39, 0.29) is 17.4 Å². The topological polar surface area (TPSA) is 86.8 Å². The van der Waals surface area contributed by atoms with Gasteiger partial charge in [0.2, 0.25) is 0 Å². The van der Waals surface area contributed by atoms with Crippen LogP contribution in [0.3, 0.4) is 0 Å². The number of aromatic amines is 2. The number of aliphatic hydroxyl groups excluding tert-OH is 1. The lowest BCUT2D eigenvalue weighted by Gasteiger charge is -2.39. The molecule has 11 rings (SSSR count). The van der Waals surface area contributed by atoms with Crippen molar-refractivity contribution in [2.24, 2.45) is 0 Å². The highest BCUT2D eigenvalue weighted by Gasteiger charge is 2.40. The number of nitrogens with zero attached hydrogens (tertiary/aromatic N) is 2. The van der Waals surface area contributed by atoms with Crippen LogP contribution < -0.4 is 4.74 Å². The summed E-state index contributed by atoms with van der Waals surface area (Å²) in [6.45, 7) is 37.9. The summed E-state index contributed by atoms with van der Waals surface area (Å²) in [6.07, 6.45) is 8.80. The van der Waals surface area contributed by atoms with Crippen LogP contribution in [0.25, 0.3) is 90.9 Å². The van der Waals surface area contributed by atoms with Crippen LogP contribution in [0.2, 0.25) is 0 Å². The van der Waals surface area contributed by atoms with Crippen LogP contribution in [-0.4, -0.2) is 25.0 Å². The Bertz CT molecular complexity index is 3950. The summed E-state index contributed by atoms with van der Waals surface area (Å²) in [5, 5.41) is 11.2. The normalized spacial score (nSPS) is 13.7. The molecule has 0 spiro atoms. The van der Waals surface area contributed by atoms with E-state index in [1.165, 1.54) is 66.8 Å². The minimum absolute atomic E-state index is 0.141. The molecule has 3 aromatic heterocycles. The fourth-order valence-electron chi connectivity index (χ4n) is 12.9. The lowest BCUT2D eigenvalue weighted by atomic mass is 9.70. The third-order valence-electron chi connectivity index (χ3n) is 16.5. The Hall–Kier alpha value is -7.54. The van der Waals surface area contributed by atoms with Gasteiger partial charge in [-0.1, -0.05) is 121 Å². The average molecular weight is 1020 g/mol. The van der Waals surface area contributed by atoms with Crippen LogP contribution in [0.4, 0.5) is 0 Å². The molecule has 390 valence electrons. The molecule has 0 saturated heterocycles. The van der Waals surface area contributed by atoms with Crippen molar-refractivity contribution in [3.63, 3.8) is 0 Å². The van der Waals surface area contributed by atoms with Crippen molar-refractivity contribution in [1.29, 1.82) is 0 Å². The first kappa shape index (κ1) is 51.6. The highest BCUT2D eigenvalue weighted by Crippen LogP contribution is 2.56. The lowest BCUT2D eigenvalue weighted by molar-refractivity contribution is 0.274. The highest BCUT2D eigenvalue weighted by molar-refractivity contribution is 6.02. The maximum absolute atomic E-state index is 11.2. The fraction of sp³-hybridized carbons (Fsp3) is 0.296. The second kappa shape index (κ2) is 18.3. The number of aliphatic hydroxyl groups is 1. The fourth-order valence-corrected chi connectivity index (χ4v) is 12.9. The quantitative estimate of drug-likeness (QED) is 0.160.